The van der Waals surface area contributed by atoms with Crippen LogP contribution in [0.25, 0.3) is 31.9 Å². The number of carbonyl (C=O) groups excluding carboxylic acids is 2. The van der Waals surface area contributed by atoms with Crippen LogP contribution in [0.2, 0.25) is 0 Å². The first kappa shape index (κ1) is 59.8. The van der Waals surface area contributed by atoms with Crippen molar-refractivity contribution in [3.63, 3.8) is 0 Å². The molecule has 3 aromatic heterocycles. The minimum absolute atomic E-state index is 0.0523. The Balaban J connectivity index is 1.43. The predicted octanol–water partition coefficient (Wildman–Crippen LogP) is 21.1. The number of hydrogen-bond acceptors (Lipinski definition) is 9. The summed E-state index contributed by atoms with van der Waals surface area (Å²) in [6.07, 6.45) is 38.9. The molecule has 69 heavy (non-hydrogen) atoms. The maximum atomic E-state index is 16.5. The summed E-state index contributed by atoms with van der Waals surface area (Å²) in [6.45, 7) is 9.63. The molecule has 3 heterocycles. The van der Waals surface area contributed by atoms with Gasteiger partial charge in [-0.25, -0.2) is 18.4 Å². The standard InChI is InChI=1S/C56H84Br2F2N2O4S3/c1-5-9-13-17-21-23-27-31-35-41(33-29-25-19-15-11-7-3)39-65-55(63)43-37-45(67-53(43)57)47-49(59)50(60)48(52-51(47)61-69-62-52)46-38-44(54(58)68-46)56(64)66-40-42(34-30-26-20-16-12-8-4)36-32-28-24-22-18-14-10-6-2/h37-38,41-42H,5-36,39-40H2,1-4H3. The number of fused-ring (bicyclic) bond motifs is 1. The molecule has 388 valence electrons. The van der Waals surface area contributed by atoms with Crippen molar-refractivity contribution >= 4 is 89.2 Å². The number of unbranched alkanes of at least 4 members (excludes halogenated alkanes) is 24. The Labute approximate surface area is 444 Å². The second kappa shape index (κ2) is 35.4. The molecule has 0 N–H and O–H groups in total. The van der Waals surface area contributed by atoms with E-state index in [9.17, 15) is 9.59 Å². The second-order valence-corrected chi connectivity index (χ2v) is 24.8. The number of halogens is 4. The van der Waals surface area contributed by atoms with Gasteiger partial charge in [0.15, 0.2) is 11.6 Å². The van der Waals surface area contributed by atoms with Crippen LogP contribution in [-0.4, -0.2) is 33.9 Å². The zero-order valence-electron chi connectivity index (χ0n) is 42.6. The summed E-state index contributed by atoms with van der Waals surface area (Å²) in [5.74, 6) is -2.57. The van der Waals surface area contributed by atoms with E-state index in [0.29, 0.717) is 30.5 Å². The lowest BCUT2D eigenvalue weighted by Crippen LogP contribution is -2.15. The summed E-state index contributed by atoms with van der Waals surface area (Å²) in [5.41, 5.74) is 0.834. The monoisotopic (exact) mass is 1140 g/mol. The number of rotatable bonds is 40. The molecular weight excluding hydrogens is 1060 g/mol. The Bertz CT molecular complexity index is 1910. The maximum absolute atomic E-state index is 16.5. The highest BCUT2D eigenvalue weighted by Crippen LogP contribution is 2.46. The molecule has 2 unspecified atom stereocenters. The molecule has 13 heteroatoms. The fourth-order valence-corrected chi connectivity index (χ4v) is 13.4. The number of thiophene rings is 2. The maximum Gasteiger partial charge on any atom is 0.340 e. The van der Waals surface area contributed by atoms with E-state index in [1.54, 1.807) is 12.1 Å². The van der Waals surface area contributed by atoms with E-state index in [4.69, 9.17) is 9.47 Å². The number of aromatic nitrogens is 2. The molecule has 0 fully saturated rings. The smallest absolute Gasteiger partial charge is 0.340 e. The largest absolute Gasteiger partial charge is 0.462 e. The zero-order chi connectivity index (χ0) is 49.6. The van der Waals surface area contributed by atoms with Crippen molar-refractivity contribution in [2.45, 2.75) is 233 Å². The van der Waals surface area contributed by atoms with Gasteiger partial charge in [0.25, 0.3) is 0 Å². The minimum atomic E-state index is -1.09. The summed E-state index contributed by atoms with van der Waals surface area (Å²) in [5, 5.41) is 0. The van der Waals surface area contributed by atoms with Crippen LogP contribution in [-0.2, 0) is 9.47 Å². The van der Waals surface area contributed by atoms with Gasteiger partial charge in [-0.3, -0.25) is 0 Å². The predicted molar refractivity (Wildman–Crippen MR) is 297 cm³/mol. The highest BCUT2D eigenvalue weighted by Gasteiger charge is 2.30. The van der Waals surface area contributed by atoms with Gasteiger partial charge in [-0.2, -0.15) is 8.75 Å². The third-order valence-corrected chi connectivity index (χ3v) is 17.9. The van der Waals surface area contributed by atoms with Crippen LogP contribution in [0.4, 0.5) is 8.78 Å². The van der Waals surface area contributed by atoms with Gasteiger partial charge in [0.2, 0.25) is 0 Å². The summed E-state index contributed by atoms with van der Waals surface area (Å²) < 4.78 is 54.9. The molecule has 1 aromatic carbocycles. The van der Waals surface area contributed by atoms with E-state index in [0.717, 1.165) is 85.8 Å². The molecule has 0 aliphatic heterocycles. The Morgan fingerprint density at radius 2 is 0.754 bits per heavy atom. The molecular formula is C56H84Br2F2N2O4S3. The van der Waals surface area contributed by atoms with Crippen molar-refractivity contribution in [1.82, 2.24) is 8.75 Å². The van der Waals surface area contributed by atoms with Gasteiger partial charge < -0.3 is 9.47 Å². The number of nitrogens with zero attached hydrogens (tertiary/aromatic N) is 2. The lowest BCUT2D eigenvalue weighted by Gasteiger charge is -2.17. The molecule has 4 aromatic rings. The van der Waals surface area contributed by atoms with Crippen molar-refractivity contribution in [1.29, 1.82) is 0 Å². The fourth-order valence-electron chi connectivity index (χ4n) is 9.38. The Morgan fingerprint density at radius 3 is 1.04 bits per heavy atom. The van der Waals surface area contributed by atoms with Crippen LogP contribution >= 0.6 is 66.3 Å². The molecule has 0 spiro atoms. The molecule has 0 radical (unpaired) electrons. The second-order valence-electron chi connectivity index (χ2n) is 19.5. The van der Waals surface area contributed by atoms with Crippen LogP contribution < -0.4 is 0 Å². The molecule has 6 nitrogen and oxygen atoms in total. The first-order valence-electron chi connectivity index (χ1n) is 27.2. The Hall–Kier alpha value is -1.80. The first-order valence-corrected chi connectivity index (χ1v) is 31.2. The molecule has 4 rings (SSSR count). The average molecular weight is 1140 g/mol. The lowest BCUT2D eigenvalue weighted by atomic mass is 9.94. The zero-order valence-corrected chi connectivity index (χ0v) is 48.2. The topological polar surface area (TPSA) is 78.4 Å². The summed E-state index contributed by atoms with van der Waals surface area (Å²) in [6, 6.07) is 3.14. The van der Waals surface area contributed by atoms with E-state index in [2.05, 4.69) is 68.3 Å². The molecule has 0 bridgehead atoms. The van der Waals surface area contributed by atoms with E-state index in [-0.39, 0.29) is 45.1 Å². The van der Waals surface area contributed by atoms with E-state index in [1.807, 2.05) is 0 Å². The van der Waals surface area contributed by atoms with Gasteiger partial charge in [-0.1, -0.05) is 207 Å². The van der Waals surface area contributed by atoms with Crippen LogP contribution in [0.15, 0.2) is 19.7 Å². The summed E-state index contributed by atoms with van der Waals surface area (Å²) in [4.78, 5) is 28.0. The van der Waals surface area contributed by atoms with E-state index >= 15 is 8.78 Å². The van der Waals surface area contributed by atoms with Gasteiger partial charge in [0.05, 0.1) is 54.8 Å². The van der Waals surface area contributed by atoms with Gasteiger partial charge in [-0.05, 0) is 81.5 Å². The van der Waals surface area contributed by atoms with Crippen molar-refractivity contribution in [2.75, 3.05) is 13.2 Å². The van der Waals surface area contributed by atoms with Crippen molar-refractivity contribution in [3.05, 3.63) is 42.5 Å². The number of esters is 2. The highest BCUT2D eigenvalue weighted by molar-refractivity contribution is 9.11. The van der Waals surface area contributed by atoms with Gasteiger partial charge >= 0.3 is 11.9 Å². The number of carbonyl (C=O) groups is 2. The molecule has 0 saturated carbocycles. The van der Waals surface area contributed by atoms with Crippen LogP contribution in [0.5, 0.6) is 0 Å². The fraction of sp³-hybridized carbons (Fsp3) is 0.714. The van der Waals surface area contributed by atoms with Crippen molar-refractivity contribution in [3.8, 4) is 20.9 Å². The third kappa shape index (κ3) is 20.9. The molecule has 0 aliphatic carbocycles. The Kier molecular flexibility index (Phi) is 30.6. The lowest BCUT2D eigenvalue weighted by molar-refractivity contribution is 0.0413. The summed E-state index contributed by atoms with van der Waals surface area (Å²) in [7, 11) is 0. The van der Waals surface area contributed by atoms with Crippen LogP contribution in [0.3, 0.4) is 0 Å². The average Bonchev–Trinajstić information content (AvgIpc) is 4.09. The van der Waals surface area contributed by atoms with Crippen molar-refractivity contribution in [2.24, 2.45) is 11.8 Å². The number of hydrogen-bond donors (Lipinski definition) is 0. The quantitative estimate of drug-likeness (QED) is 0.0326. The van der Waals surface area contributed by atoms with E-state index < -0.39 is 23.6 Å². The van der Waals surface area contributed by atoms with Gasteiger partial charge in [0, 0.05) is 9.75 Å². The molecule has 2 atom stereocenters. The first-order chi connectivity index (χ1) is 33.6. The van der Waals surface area contributed by atoms with Gasteiger partial charge in [-0.15, -0.1) is 22.7 Å². The van der Waals surface area contributed by atoms with Crippen LogP contribution in [0.1, 0.15) is 254 Å². The number of benzene rings is 1. The minimum Gasteiger partial charge on any atom is -0.462 e. The molecule has 0 aliphatic rings. The van der Waals surface area contributed by atoms with Gasteiger partial charge in [0.1, 0.15) is 11.0 Å². The van der Waals surface area contributed by atoms with Crippen molar-refractivity contribution < 1.29 is 27.8 Å². The third-order valence-electron chi connectivity index (χ3n) is 13.7. The Morgan fingerprint density at radius 1 is 0.478 bits per heavy atom. The molecule has 0 amide bonds. The highest BCUT2D eigenvalue weighted by atomic mass is 79.9. The summed E-state index contributed by atoms with van der Waals surface area (Å²) >= 11 is 10.2. The molecule has 0 saturated heterocycles. The number of ether oxygens (including phenoxy) is 2. The SMILES string of the molecule is CCCCCCCCCCC(CCCCCCCC)COC(=O)c1cc(-c2c(F)c(F)c(-c3cc(C(=O)OCC(CCCCCCCC)CCCCCCCCCC)c(Br)s3)c3nsnc23)sc1Br. The normalized spacial score (nSPS) is 12.6. The van der Waals surface area contributed by atoms with E-state index in [1.165, 1.54) is 154 Å². The van der Waals surface area contributed by atoms with Crippen LogP contribution in [0, 0.1) is 23.5 Å².